The van der Waals surface area contributed by atoms with Gasteiger partial charge in [-0.3, -0.25) is 0 Å². The van der Waals surface area contributed by atoms with Crippen LogP contribution in [-0.2, 0) is 0 Å². The van der Waals surface area contributed by atoms with E-state index in [1.807, 2.05) is 6.92 Å². The molecule has 20 heavy (non-hydrogen) atoms. The number of halogens is 1. The van der Waals surface area contributed by atoms with Crippen LogP contribution < -0.4 is 5.32 Å². The number of nitrogens with one attached hydrogen (secondary N) is 2. The molecule has 10 nitrogen and oxygen atoms in total. The van der Waals surface area contributed by atoms with Gasteiger partial charge in [0, 0.05) is 12.4 Å². The summed E-state index contributed by atoms with van der Waals surface area (Å²) in [6, 6.07) is 1.52. The number of aromatic nitrogens is 9. The lowest BCUT2D eigenvalue weighted by Gasteiger charge is -2.10. The Morgan fingerprint density at radius 2 is 2.25 bits per heavy atom. The summed E-state index contributed by atoms with van der Waals surface area (Å²) in [5.74, 6) is 1.10. The van der Waals surface area contributed by atoms with Crippen LogP contribution in [0.2, 0.25) is 5.28 Å². The minimum absolute atomic E-state index is 0.0633. The van der Waals surface area contributed by atoms with Gasteiger partial charge < -0.3 is 5.32 Å². The molecule has 0 aromatic carbocycles. The van der Waals surface area contributed by atoms with Crippen LogP contribution in [0.15, 0.2) is 18.5 Å². The zero-order valence-electron chi connectivity index (χ0n) is 10.3. The molecule has 2 N–H and O–H groups in total. The molecule has 0 aliphatic carbocycles. The highest BCUT2D eigenvalue weighted by atomic mass is 35.5. The fraction of sp³-hybridized carbons (Fsp3) is 0.222. The van der Waals surface area contributed by atoms with Gasteiger partial charge >= 0.3 is 0 Å². The van der Waals surface area contributed by atoms with E-state index < -0.39 is 0 Å². The summed E-state index contributed by atoms with van der Waals surface area (Å²) in [6.45, 7) is 1.84. The molecule has 0 saturated heterocycles. The van der Waals surface area contributed by atoms with Gasteiger partial charge in [0.25, 0.3) is 5.95 Å². The summed E-state index contributed by atoms with van der Waals surface area (Å²) >= 11 is 5.88. The van der Waals surface area contributed by atoms with E-state index in [0.29, 0.717) is 17.7 Å². The molecule has 3 rings (SSSR count). The summed E-state index contributed by atoms with van der Waals surface area (Å²) in [5.41, 5.74) is 0. The molecule has 3 aromatic heterocycles. The quantitative estimate of drug-likeness (QED) is 0.708. The molecule has 0 fully saturated rings. The van der Waals surface area contributed by atoms with Crippen LogP contribution in [0.5, 0.6) is 0 Å². The van der Waals surface area contributed by atoms with Crippen molar-refractivity contribution in [1.29, 1.82) is 0 Å². The van der Waals surface area contributed by atoms with Gasteiger partial charge in [0.2, 0.25) is 11.2 Å². The smallest absolute Gasteiger partial charge is 0.256 e. The van der Waals surface area contributed by atoms with Crippen molar-refractivity contribution in [3.63, 3.8) is 0 Å². The van der Waals surface area contributed by atoms with Crippen molar-refractivity contribution >= 4 is 17.5 Å². The van der Waals surface area contributed by atoms with E-state index in [9.17, 15) is 0 Å². The third-order valence-corrected chi connectivity index (χ3v) is 2.57. The van der Waals surface area contributed by atoms with Crippen molar-refractivity contribution in [1.82, 2.24) is 45.4 Å². The molecule has 0 radical (unpaired) electrons. The average Bonchev–Trinajstić information content (AvgIpc) is 3.12. The van der Waals surface area contributed by atoms with Crippen molar-refractivity contribution in [2.75, 3.05) is 5.32 Å². The Labute approximate surface area is 117 Å². The van der Waals surface area contributed by atoms with E-state index >= 15 is 0 Å². The number of nitrogens with zero attached hydrogens (tertiary/aromatic N) is 8. The lowest BCUT2D eigenvalue weighted by Crippen LogP contribution is -2.13. The van der Waals surface area contributed by atoms with Crippen LogP contribution in [-0.4, -0.2) is 45.4 Å². The summed E-state index contributed by atoms with van der Waals surface area (Å²) in [7, 11) is 0. The molecule has 0 aliphatic rings. The molecule has 3 heterocycles. The van der Waals surface area contributed by atoms with E-state index in [4.69, 9.17) is 11.6 Å². The highest BCUT2D eigenvalue weighted by Crippen LogP contribution is 2.14. The van der Waals surface area contributed by atoms with Crippen LogP contribution >= 0.6 is 11.6 Å². The molecular weight excluding hydrogens is 284 g/mol. The van der Waals surface area contributed by atoms with E-state index in [2.05, 4.69) is 46.0 Å². The molecule has 3 aromatic rings. The molecule has 0 amide bonds. The first-order valence-electron chi connectivity index (χ1n) is 5.64. The first-order valence-corrected chi connectivity index (χ1v) is 6.01. The Morgan fingerprint density at radius 1 is 1.35 bits per heavy atom. The van der Waals surface area contributed by atoms with Gasteiger partial charge in [-0.15, -0.1) is 10.2 Å². The zero-order valence-corrected chi connectivity index (χ0v) is 11.0. The third kappa shape index (κ3) is 2.54. The molecular formula is C9H9ClN10. The Hall–Kier alpha value is -2.62. The van der Waals surface area contributed by atoms with Gasteiger partial charge in [-0.05, 0) is 24.6 Å². The molecule has 0 saturated carbocycles. The standard InChI is InChI=1S/C9H9ClN10/c1-5(6-16-18-19-17-6)12-8-13-7(10)14-9(15-8)20-4-2-3-11-20/h2-5H,1H3,(H,12,13,14,15)(H,16,17,18,19). The maximum atomic E-state index is 5.88. The lowest BCUT2D eigenvalue weighted by atomic mass is 10.3. The molecule has 102 valence electrons. The maximum absolute atomic E-state index is 5.88. The van der Waals surface area contributed by atoms with Crippen LogP contribution in [0.4, 0.5) is 5.95 Å². The van der Waals surface area contributed by atoms with E-state index in [-0.39, 0.29) is 11.3 Å². The molecule has 0 bridgehead atoms. The number of aromatic amines is 1. The van der Waals surface area contributed by atoms with Gasteiger partial charge in [0.05, 0.1) is 6.04 Å². The first-order chi connectivity index (χ1) is 9.72. The van der Waals surface area contributed by atoms with Gasteiger partial charge in [0.15, 0.2) is 5.82 Å². The Bertz CT molecular complexity index is 679. The largest absolute Gasteiger partial charge is 0.344 e. The van der Waals surface area contributed by atoms with Crippen molar-refractivity contribution in [2.45, 2.75) is 13.0 Å². The van der Waals surface area contributed by atoms with Gasteiger partial charge in [-0.25, -0.2) is 4.68 Å². The number of hydrogen-bond acceptors (Lipinski definition) is 8. The fourth-order valence-corrected chi connectivity index (χ4v) is 1.66. The second-order valence-corrected chi connectivity index (χ2v) is 4.15. The predicted molar refractivity (Wildman–Crippen MR) is 68.2 cm³/mol. The number of anilines is 1. The Balaban J connectivity index is 1.87. The normalized spacial score (nSPS) is 12.3. The van der Waals surface area contributed by atoms with E-state index in [1.54, 1.807) is 18.5 Å². The third-order valence-electron chi connectivity index (χ3n) is 2.40. The molecule has 1 atom stereocenters. The molecule has 1 unspecified atom stereocenters. The van der Waals surface area contributed by atoms with Crippen LogP contribution in [0.1, 0.15) is 18.8 Å². The molecule has 11 heteroatoms. The predicted octanol–water partition coefficient (Wildman–Crippen LogP) is 0.397. The summed E-state index contributed by atoms with van der Waals surface area (Å²) in [5, 5.41) is 20.7. The lowest BCUT2D eigenvalue weighted by molar-refractivity contribution is 0.758. The van der Waals surface area contributed by atoms with Gasteiger partial charge in [-0.2, -0.15) is 25.3 Å². The SMILES string of the molecule is CC(Nc1nc(Cl)nc(-n2cccn2)n1)c1nn[nH]n1. The van der Waals surface area contributed by atoms with Crippen molar-refractivity contribution in [3.05, 3.63) is 29.6 Å². The number of H-pyrrole nitrogens is 1. The molecule has 0 aliphatic heterocycles. The van der Waals surface area contributed by atoms with Gasteiger partial charge in [-0.1, -0.05) is 5.21 Å². The van der Waals surface area contributed by atoms with Crippen molar-refractivity contribution in [2.24, 2.45) is 0 Å². The minimum Gasteiger partial charge on any atom is -0.344 e. The highest BCUT2D eigenvalue weighted by Gasteiger charge is 2.13. The van der Waals surface area contributed by atoms with Gasteiger partial charge in [0.1, 0.15) is 0 Å². The summed E-state index contributed by atoms with van der Waals surface area (Å²) < 4.78 is 1.48. The summed E-state index contributed by atoms with van der Waals surface area (Å²) in [4.78, 5) is 12.2. The van der Waals surface area contributed by atoms with Crippen LogP contribution in [0, 0.1) is 0 Å². The monoisotopic (exact) mass is 292 g/mol. The Kier molecular flexibility index (Phi) is 3.21. The topological polar surface area (TPSA) is 123 Å². The second-order valence-electron chi connectivity index (χ2n) is 3.81. The number of rotatable bonds is 4. The maximum Gasteiger partial charge on any atom is 0.256 e. The fourth-order valence-electron chi connectivity index (χ4n) is 1.50. The Morgan fingerprint density at radius 3 is 2.95 bits per heavy atom. The number of hydrogen-bond donors (Lipinski definition) is 2. The number of tetrazole rings is 1. The van der Waals surface area contributed by atoms with Crippen LogP contribution in [0.3, 0.4) is 0 Å². The second kappa shape index (κ2) is 5.17. The summed E-state index contributed by atoms with van der Waals surface area (Å²) in [6.07, 6.45) is 3.32. The molecule has 0 spiro atoms. The van der Waals surface area contributed by atoms with E-state index in [1.165, 1.54) is 4.68 Å². The minimum atomic E-state index is -0.238. The van der Waals surface area contributed by atoms with Crippen LogP contribution in [0.25, 0.3) is 5.95 Å². The highest BCUT2D eigenvalue weighted by molar-refractivity contribution is 6.28. The zero-order chi connectivity index (χ0) is 13.9. The average molecular weight is 293 g/mol. The first kappa shape index (κ1) is 12.4. The van der Waals surface area contributed by atoms with Crippen molar-refractivity contribution < 1.29 is 0 Å². The van der Waals surface area contributed by atoms with Crippen molar-refractivity contribution in [3.8, 4) is 5.95 Å². The van der Waals surface area contributed by atoms with E-state index in [0.717, 1.165) is 0 Å².